The second-order valence-electron chi connectivity index (χ2n) is 8.57. The largest absolute Gasteiger partial charge is 0.375 e. The van der Waals surface area contributed by atoms with Crippen LogP contribution in [0.1, 0.15) is 32.9 Å². The third-order valence-corrected chi connectivity index (χ3v) is 8.10. The van der Waals surface area contributed by atoms with Crippen LogP contribution in [0.3, 0.4) is 0 Å². The van der Waals surface area contributed by atoms with Gasteiger partial charge in [-0.2, -0.15) is 0 Å². The predicted octanol–water partition coefficient (Wildman–Crippen LogP) is 4.32. The zero-order chi connectivity index (χ0) is 25.1. The minimum Gasteiger partial charge on any atom is -0.375 e. The SMILES string of the molecule is C=CC(O)N1CCN(C(=O)c2cc(Sc3cnc(Nc4ncc(C)nc4C)s3)c(C)cc2C)CC1. The van der Waals surface area contributed by atoms with Crippen molar-refractivity contribution >= 4 is 40.0 Å². The number of benzene rings is 1. The Balaban J connectivity index is 1.47. The number of carbonyl (C=O) groups excluding carboxylic acids is 1. The van der Waals surface area contributed by atoms with Gasteiger partial charge in [-0.25, -0.2) is 9.97 Å². The summed E-state index contributed by atoms with van der Waals surface area (Å²) in [7, 11) is 0. The van der Waals surface area contributed by atoms with Crippen LogP contribution in [0, 0.1) is 27.7 Å². The molecule has 0 radical (unpaired) electrons. The average Bonchev–Trinajstić information content (AvgIpc) is 3.28. The molecule has 1 amide bonds. The number of carbonyl (C=O) groups is 1. The number of aliphatic hydroxyl groups excluding tert-OH is 1. The van der Waals surface area contributed by atoms with E-state index in [0.717, 1.165) is 36.8 Å². The number of thiazole rings is 1. The topological polar surface area (TPSA) is 94.5 Å². The van der Waals surface area contributed by atoms with Crippen LogP contribution in [-0.4, -0.2) is 68.2 Å². The van der Waals surface area contributed by atoms with Gasteiger partial charge >= 0.3 is 0 Å². The van der Waals surface area contributed by atoms with Crippen molar-refractivity contribution in [2.24, 2.45) is 0 Å². The van der Waals surface area contributed by atoms with E-state index in [0.29, 0.717) is 37.6 Å². The second-order valence-corrected chi connectivity index (χ2v) is 10.9. The number of anilines is 2. The van der Waals surface area contributed by atoms with Crippen molar-refractivity contribution in [3.63, 3.8) is 0 Å². The molecule has 10 heteroatoms. The fourth-order valence-corrected chi connectivity index (χ4v) is 5.92. The molecule has 0 spiro atoms. The fourth-order valence-electron chi connectivity index (χ4n) is 3.98. The molecule has 8 nitrogen and oxygen atoms in total. The van der Waals surface area contributed by atoms with Crippen molar-refractivity contribution in [2.45, 2.75) is 43.0 Å². The Bertz CT molecular complexity index is 1240. The van der Waals surface area contributed by atoms with Gasteiger partial charge in [-0.1, -0.05) is 35.7 Å². The standard InChI is InChI=1S/C25H30N6O2S2/c1-6-21(32)30-7-9-31(10-8-30)24(33)19-12-20(16(3)11-15(19)2)34-22-14-27-25(35-22)29-23-18(5)28-17(4)13-26-23/h6,11-14,21,32H,1,7-10H2,2-5H3,(H,26,27,29). The number of nitrogens with zero attached hydrogens (tertiary/aromatic N) is 5. The Morgan fingerprint density at radius 2 is 1.89 bits per heavy atom. The summed E-state index contributed by atoms with van der Waals surface area (Å²) in [6, 6.07) is 4.06. The van der Waals surface area contributed by atoms with E-state index in [9.17, 15) is 9.90 Å². The van der Waals surface area contributed by atoms with Crippen molar-refractivity contribution < 1.29 is 9.90 Å². The molecule has 0 aliphatic carbocycles. The molecule has 1 atom stereocenters. The van der Waals surface area contributed by atoms with E-state index in [-0.39, 0.29) is 5.91 Å². The summed E-state index contributed by atoms with van der Waals surface area (Å²) in [6.07, 6.45) is 4.41. The molecule has 1 aromatic carbocycles. The summed E-state index contributed by atoms with van der Waals surface area (Å²) in [4.78, 5) is 31.5. The molecular weight excluding hydrogens is 480 g/mol. The van der Waals surface area contributed by atoms with Gasteiger partial charge < -0.3 is 15.3 Å². The summed E-state index contributed by atoms with van der Waals surface area (Å²) in [5.74, 6) is 0.721. The van der Waals surface area contributed by atoms with Gasteiger partial charge in [-0.05, 0) is 51.0 Å². The number of nitrogens with one attached hydrogen (secondary N) is 1. The molecule has 4 rings (SSSR count). The summed E-state index contributed by atoms with van der Waals surface area (Å²) in [6.45, 7) is 13.9. The maximum absolute atomic E-state index is 13.3. The lowest BCUT2D eigenvalue weighted by Gasteiger charge is -2.36. The highest BCUT2D eigenvalue weighted by molar-refractivity contribution is 8.01. The number of aryl methyl sites for hydroxylation is 4. The lowest BCUT2D eigenvalue weighted by Crippen LogP contribution is -2.51. The highest BCUT2D eigenvalue weighted by Gasteiger charge is 2.26. The van der Waals surface area contributed by atoms with E-state index < -0.39 is 6.23 Å². The highest BCUT2D eigenvalue weighted by Crippen LogP contribution is 2.37. The summed E-state index contributed by atoms with van der Waals surface area (Å²) in [5.41, 5.74) is 4.49. The first-order valence-corrected chi connectivity index (χ1v) is 13.0. The van der Waals surface area contributed by atoms with Gasteiger partial charge in [-0.3, -0.25) is 14.7 Å². The maximum Gasteiger partial charge on any atom is 0.254 e. The molecule has 0 saturated carbocycles. The van der Waals surface area contributed by atoms with Crippen molar-refractivity contribution in [1.29, 1.82) is 0 Å². The first kappa shape index (κ1) is 25.3. The van der Waals surface area contributed by atoms with Crippen LogP contribution >= 0.6 is 23.1 Å². The number of amides is 1. The molecular formula is C25H30N6O2S2. The molecule has 1 aliphatic rings. The lowest BCUT2D eigenvalue weighted by molar-refractivity contribution is 0.00671. The highest BCUT2D eigenvalue weighted by atomic mass is 32.2. The lowest BCUT2D eigenvalue weighted by atomic mass is 10.0. The van der Waals surface area contributed by atoms with E-state index in [2.05, 4.69) is 39.8 Å². The van der Waals surface area contributed by atoms with E-state index in [1.807, 2.05) is 42.8 Å². The van der Waals surface area contributed by atoms with Crippen LogP contribution in [0.15, 0.2) is 46.3 Å². The summed E-state index contributed by atoms with van der Waals surface area (Å²) >= 11 is 3.14. The fraction of sp³-hybridized carbons (Fsp3) is 0.360. The molecule has 0 bridgehead atoms. The third kappa shape index (κ3) is 5.90. The zero-order valence-electron chi connectivity index (χ0n) is 20.4. The Labute approximate surface area is 214 Å². The van der Waals surface area contributed by atoms with Crippen LogP contribution in [0.5, 0.6) is 0 Å². The Morgan fingerprint density at radius 3 is 2.57 bits per heavy atom. The van der Waals surface area contributed by atoms with Gasteiger partial charge in [0.25, 0.3) is 5.91 Å². The predicted molar refractivity (Wildman–Crippen MR) is 141 cm³/mol. The van der Waals surface area contributed by atoms with E-state index in [1.165, 1.54) is 17.4 Å². The van der Waals surface area contributed by atoms with Crippen LogP contribution in [0.2, 0.25) is 0 Å². The molecule has 2 aromatic heterocycles. The van der Waals surface area contributed by atoms with Gasteiger partial charge in [0.1, 0.15) is 6.23 Å². The zero-order valence-corrected chi connectivity index (χ0v) is 22.0. The smallest absolute Gasteiger partial charge is 0.254 e. The maximum atomic E-state index is 13.3. The van der Waals surface area contributed by atoms with Crippen LogP contribution in [0.25, 0.3) is 0 Å². The number of rotatable bonds is 7. The van der Waals surface area contributed by atoms with Gasteiger partial charge in [0.2, 0.25) is 0 Å². The average molecular weight is 511 g/mol. The molecule has 1 unspecified atom stereocenters. The Hall–Kier alpha value is -2.79. The normalized spacial score (nSPS) is 15.2. The first-order valence-electron chi connectivity index (χ1n) is 11.4. The molecule has 184 valence electrons. The van der Waals surface area contributed by atoms with Crippen LogP contribution in [-0.2, 0) is 0 Å². The monoisotopic (exact) mass is 510 g/mol. The minimum atomic E-state index is -0.669. The van der Waals surface area contributed by atoms with Crippen molar-refractivity contribution in [2.75, 3.05) is 31.5 Å². The summed E-state index contributed by atoms with van der Waals surface area (Å²) < 4.78 is 1.02. The third-order valence-electron chi connectivity index (χ3n) is 5.93. The molecule has 2 N–H and O–H groups in total. The van der Waals surface area contributed by atoms with Gasteiger partial charge in [0.15, 0.2) is 10.9 Å². The number of piperazine rings is 1. The number of aliphatic hydroxyl groups is 1. The molecule has 3 heterocycles. The van der Waals surface area contributed by atoms with Crippen molar-refractivity contribution in [3.05, 3.63) is 65.3 Å². The van der Waals surface area contributed by atoms with Crippen LogP contribution in [0.4, 0.5) is 10.9 Å². The number of aromatic nitrogens is 3. The Kier molecular flexibility index (Phi) is 7.85. The van der Waals surface area contributed by atoms with E-state index in [4.69, 9.17) is 0 Å². The van der Waals surface area contributed by atoms with Crippen molar-refractivity contribution in [3.8, 4) is 0 Å². The summed E-state index contributed by atoms with van der Waals surface area (Å²) in [5, 5.41) is 14.0. The number of hydrogen-bond acceptors (Lipinski definition) is 9. The molecule has 1 fully saturated rings. The van der Waals surface area contributed by atoms with Gasteiger partial charge in [-0.15, -0.1) is 0 Å². The van der Waals surface area contributed by atoms with Gasteiger partial charge in [0, 0.05) is 36.6 Å². The second kappa shape index (κ2) is 10.9. The number of hydrogen-bond donors (Lipinski definition) is 2. The first-order chi connectivity index (χ1) is 16.7. The molecule has 3 aromatic rings. The molecule has 35 heavy (non-hydrogen) atoms. The van der Waals surface area contributed by atoms with Crippen molar-refractivity contribution in [1.82, 2.24) is 24.8 Å². The van der Waals surface area contributed by atoms with Gasteiger partial charge in [0.05, 0.1) is 28.0 Å². The molecule has 1 saturated heterocycles. The quantitative estimate of drug-likeness (QED) is 0.454. The van der Waals surface area contributed by atoms with E-state index in [1.54, 1.807) is 18.0 Å². The van der Waals surface area contributed by atoms with E-state index >= 15 is 0 Å². The molecule has 1 aliphatic heterocycles. The minimum absolute atomic E-state index is 0.0252. The Morgan fingerprint density at radius 1 is 1.14 bits per heavy atom. The van der Waals surface area contributed by atoms with Crippen LogP contribution < -0.4 is 5.32 Å².